The van der Waals surface area contributed by atoms with Crippen LogP contribution in [0.15, 0.2) is 108 Å². The molecule has 0 unspecified atom stereocenters. The first-order chi connectivity index (χ1) is 17.0. The molecule has 0 aromatic heterocycles. The Hall–Kier alpha value is -3.54. The number of amides is 1. The van der Waals surface area contributed by atoms with Crippen molar-refractivity contribution >= 4 is 33.3 Å². The molecule has 1 heterocycles. The molecule has 0 fully saturated rings. The fourth-order valence-corrected chi connectivity index (χ4v) is 4.98. The minimum absolute atomic E-state index is 0.281. The first-order valence-corrected chi connectivity index (χ1v) is 12.3. The van der Waals surface area contributed by atoms with Gasteiger partial charge in [0, 0.05) is 22.1 Å². The lowest BCUT2D eigenvalue weighted by Crippen LogP contribution is -2.42. The summed E-state index contributed by atoms with van der Waals surface area (Å²) in [5, 5.41) is 11.6. The molecule has 1 N–H and O–H groups in total. The van der Waals surface area contributed by atoms with Crippen LogP contribution in [0.5, 0.6) is 0 Å². The molecule has 1 atom stereocenters. The highest BCUT2D eigenvalue weighted by Gasteiger charge is 2.50. The van der Waals surface area contributed by atoms with Gasteiger partial charge in [-0.2, -0.15) is 0 Å². The number of carbonyl (C=O) groups is 2. The number of benzene rings is 4. The minimum Gasteiger partial charge on any atom is -0.375 e. The second-order valence-corrected chi connectivity index (χ2v) is 9.67. The van der Waals surface area contributed by atoms with Crippen molar-refractivity contribution in [2.45, 2.75) is 18.4 Å². The van der Waals surface area contributed by atoms with E-state index in [2.05, 4.69) is 15.9 Å². The number of aliphatic hydroxyl groups is 1. The number of nitrogens with zero attached hydrogens (tertiary/aromatic N) is 1. The number of fused-ring (bicyclic) bond motifs is 1. The molecule has 0 aliphatic carbocycles. The summed E-state index contributed by atoms with van der Waals surface area (Å²) < 4.78 is 0.743. The molecule has 0 radical (unpaired) electrons. The van der Waals surface area contributed by atoms with E-state index in [0.717, 1.165) is 21.2 Å². The van der Waals surface area contributed by atoms with Crippen LogP contribution in [-0.4, -0.2) is 23.3 Å². The van der Waals surface area contributed by atoms with Gasteiger partial charge in [0.05, 0.1) is 12.1 Å². The summed E-state index contributed by atoms with van der Waals surface area (Å²) >= 11 is 3.45. The standard InChI is InChI=1S/C30H24BrNO3/c31-25-15-16-27-26(19-25)30(35,29(34)32(27)18-17-21-7-3-1-4-8-21)20-28(33)24-13-11-23(12-14-24)22-9-5-2-6-10-22/h1-16,19,35H,17-18,20H2/t30-/m1/s1. The normalized spacial score (nSPS) is 16.9. The molecule has 1 amide bonds. The number of Topliss-reactive ketones (excluding diaryl/α,β-unsaturated/α-hetero) is 1. The average Bonchev–Trinajstić information content (AvgIpc) is 3.09. The van der Waals surface area contributed by atoms with E-state index >= 15 is 0 Å². The fraction of sp³-hybridized carbons (Fsp3) is 0.133. The van der Waals surface area contributed by atoms with Gasteiger partial charge in [0.1, 0.15) is 0 Å². The second-order valence-electron chi connectivity index (χ2n) is 8.76. The molecule has 35 heavy (non-hydrogen) atoms. The summed E-state index contributed by atoms with van der Waals surface area (Å²) in [6.45, 7) is 0.416. The highest BCUT2D eigenvalue weighted by Crippen LogP contribution is 2.44. The maximum absolute atomic E-state index is 13.5. The summed E-state index contributed by atoms with van der Waals surface area (Å²) in [6, 6.07) is 32.5. The molecule has 0 bridgehead atoms. The fourth-order valence-electron chi connectivity index (χ4n) is 4.61. The number of hydrogen-bond donors (Lipinski definition) is 1. The number of anilines is 1. The Morgan fingerprint density at radius 2 is 1.46 bits per heavy atom. The number of halogens is 1. The lowest BCUT2D eigenvalue weighted by molar-refractivity contribution is -0.135. The zero-order valence-electron chi connectivity index (χ0n) is 19.0. The van der Waals surface area contributed by atoms with Crippen molar-refractivity contribution in [2.75, 3.05) is 11.4 Å². The van der Waals surface area contributed by atoms with Gasteiger partial charge in [0.25, 0.3) is 5.91 Å². The van der Waals surface area contributed by atoms with Gasteiger partial charge < -0.3 is 10.0 Å². The van der Waals surface area contributed by atoms with Gasteiger partial charge in [-0.15, -0.1) is 0 Å². The zero-order chi connectivity index (χ0) is 24.4. The molecule has 1 aliphatic rings. The van der Waals surface area contributed by atoms with Crippen LogP contribution >= 0.6 is 15.9 Å². The summed E-state index contributed by atoms with van der Waals surface area (Å²) in [6.07, 6.45) is 0.328. The third-order valence-corrected chi connectivity index (χ3v) is 6.98. The van der Waals surface area contributed by atoms with Crippen LogP contribution in [0.2, 0.25) is 0 Å². The van der Waals surface area contributed by atoms with Crippen LogP contribution < -0.4 is 4.90 Å². The lowest BCUT2D eigenvalue weighted by atomic mass is 9.88. The van der Waals surface area contributed by atoms with Crippen LogP contribution in [0, 0.1) is 0 Å². The van der Waals surface area contributed by atoms with E-state index in [1.807, 2.05) is 84.9 Å². The maximum Gasteiger partial charge on any atom is 0.264 e. The summed E-state index contributed by atoms with van der Waals surface area (Å²) in [5.41, 5.74) is 2.81. The van der Waals surface area contributed by atoms with Gasteiger partial charge in [-0.05, 0) is 41.3 Å². The quantitative estimate of drug-likeness (QED) is 0.293. The lowest BCUT2D eigenvalue weighted by Gasteiger charge is -2.23. The van der Waals surface area contributed by atoms with Crippen molar-refractivity contribution in [3.63, 3.8) is 0 Å². The van der Waals surface area contributed by atoms with Crippen molar-refractivity contribution in [2.24, 2.45) is 0 Å². The Bertz CT molecular complexity index is 1370. The number of hydrogen-bond acceptors (Lipinski definition) is 3. The number of rotatable bonds is 7. The van der Waals surface area contributed by atoms with Crippen LogP contribution in [0.3, 0.4) is 0 Å². The van der Waals surface area contributed by atoms with Crippen molar-refractivity contribution in [3.05, 3.63) is 124 Å². The van der Waals surface area contributed by atoms with Crippen molar-refractivity contribution in [1.82, 2.24) is 0 Å². The number of carbonyl (C=O) groups excluding carboxylic acids is 2. The molecule has 0 saturated heterocycles. The maximum atomic E-state index is 13.5. The SMILES string of the molecule is O=C(C[C@]1(O)C(=O)N(CCc2ccccc2)c2ccc(Br)cc21)c1ccc(-c2ccccc2)cc1. The topological polar surface area (TPSA) is 57.6 Å². The summed E-state index contributed by atoms with van der Waals surface area (Å²) in [5.74, 6) is -0.743. The van der Waals surface area contributed by atoms with E-state index in [1.54, 1.807) is 23.1 Å². The molecule has 5 heteroatoms. The van der Waals surface area contributed by atoms with Crippen LogP contribution in [-0.2, 0) is 16.8 Å². The Kier molecular flexibility index (Phi) is 6.37. The van der Waals surface area contributed by atoms with Gasteiger partial charge in [0.2, 0.25) is 0 Å². The van der Waals surface area contributed by atoms with Crippen LogP contribution in [0.25, 0.3) is 11.1 Å². The molecular weight excluding hydrogens is 502 g/mol. The smallest absolute Gasteiger partial charge is 0.264 e. The highest BCUT2D eigenvalue weighted by atomic mass is 79.9. The van der Waals surface area contributed by atoms with E-state index in [9.17, 15) is 14.7 Å². The molecule has 0 spiro atoms. The van der Waals surface area contributed by atoms with Crippen LogP contribution in [0.4, 0.5) is 5.69 Å². The van der Waals surface area contributed by atoms with Gasteiger partial charge in [-0.1, -0.05) is 101 Å². The Balaban J connectivity index is 1.40. The molecular formula is C30H24BrNO3. The largest absolute Gasteiger partial charge is 0.375 e. The third-order valence-electron chi connectivity index (χ3n) is 6.49. The molecule has 1 aliphatic heterocycles. The molecule has 5 rings (SSSR count). The van der Waals surface area contributed by atoms with E-state index in [-0.39, 0.29) is 12.2 Å². The monoisotopic (exact) mass is 525 g/mol. The van der Waals surface area contributed by atoms with Gasteiger partial charge >= 0.3 is 0 Å². The summed E-state index contributed by atoms with van der Waals surface area (Å²) in [4.78, 5) is 28.4. The van der Waals surface area contributed by atoms with Gasteiger partial charge in [-0.25, -0.2) is 0 Å². The van der Waals surface area contributed by atoms with E-state index in [0.29, 0.717) is 29.8 Å². The van der Waals surface area contributed by atoms with Crippen LogP contribution in [0.1, 0.15) is 27.9 Å². The molecule has 174 valence electrons. The zero-order valence-corrected chi connectivity index (χ0v) is 20.6. The molecule has 4 aromatic rings. The predicted octanol–water partition coefficient (Wildman–Crippen LogP) is 6.17. The Morgan fingerprint density at radius 1 is 0.829 bits per heavy atom. The molecule has 0 saturated carbocycles. The van der Waals surface area contributed by atoms with Gasteiger partial charge in [-0.3, -0.25) is 9.59 Å². The first-order valence-electron chi connectivity index (χ1n) is 11.5. The molecule has 4 aromatic carbocycles. The molecule has 4 nitrogen and oxygen atoms in total. The van der Waals surface area contributed by atoms with E-state index in [4.69, 9.17) is 0 Å². The first kappa shape index (κ1) is 23.2. The highest BCUT2D eigenvalue weighted by molar-refractivity contribution is 9.10. The predicted molar refractivity (Wildman–Crippen MR) is 141 cm³/mol. The van der Waals surface area contributed by atoms with E-state index in [1.165, 1.54) is 0 Å². The third kappa shape index (κ3) is 4.57. The van der Waals surface area contributed by atoms with E-state index < -0.39 is 11.5 Å². The average molecular weight is 526 g/mol. The van der Waals surface area contributed by atoms with Crippen molar-refractivity contribution in [3.8, 4) is 11.1 Å². The van der Waals surface area contributed by atoms with Crippen molar-refractivity contribution in [1.29, 1.82) is 0 Å². The minimum atomic E-state index is -1.91. The Morgan fingerprint density at radius 3 is 2.14 bits per heavy atom. The Labute approximate surface area is 213 Å². The number of ketones is 1. The summed E-state index contributed by atoms with van der Waals surface area (Å²) in [7, 11) is 0. The van der Waals surface area contributed by atoms with Crippen molar-refractivity contribution < 1.29 is 14.7 Å². The van der Waals surface area contributed by atoms with Gasteiger partial charge in [0.15, 0.2) is 11.4 Å². The second kappa shape index (κ2) is 9.61.